The number of hydrogen-bond donors (Lipinski definition) is 1. The van der Waals surface area contributed by atoms with Gasteiger partial charge in [-0.3, -0.25) is 14.9 Å². The first-order chi connectivity index (χ1) is 12.8. The second-order valence-corrected chi connectivity index (χ2v) is 6.23. The molecule has 27 heavy (non-hydrogen) atoms. The fraction of sp³-hybridized carbons (Fsp3) is 0.263. The summed E-state index contributed by atoms with van der Waals surface area (Å²) < 4.78 is 5.49. The van der Waals surface area contributed by atoms with Crippen molar-refractivity contribution in [1.82, 2.24) is 5.43 Å². The van der Waals surface area contributed by atoms with Crippen molar-refractivity contribution in [2.24, 2.45) is 5.10 Å². The Hall–Kier alpha value is -3.42. The van der Waals surface area contributed by atoms with Crippen molar-refractivity contribution >= 4 is 23.5 Å². The van der Waals surface area contributed by atoms with Crippen LogP contribution in [0.15, 0.2) is 41.5 Å². The van der Waals surface area contributed by atoms with Crippen LogP contribution in [0.1, 0.15) is 16.7 Å². The molecule has 0 aliphatic heterocycles. The molecule has 8 heteroatoms. The molecule has 2 aromatic rings. The molecule has 1 amide bonds. The Morgan fingerprint density at radius 3 is 2.33 bits per heavy atom. The van der Waals surface area contributed by atoms with E-state index in [-0.39, 0.29) is 12.3 Å². The molecule has 0 atom stereocenters. The predicted molar refractivity (Wildman–Crippen MR) is 105 cm³/mol. The minimum absolute atomic E-state index is 0.00770. The summed E-state index contributed by atoms with van der Waals surface area (Å²) >= 11 is 0. The standard InChI is InChI=1S/C19H22N4O4/c1-13-9-17(23(25)26)10-14(2)19(13)27-12-18(24)21-20-11-15-5-7-16(8-6-15)22(3)4/h5-11H,12H2,1-4H3,(H,21,24)/b20-11-. The van der Waals surface area contributed by atoms with Crippen molar-refractivity contribution in [1.29, 1.82) is 0 Å². The van der Waals surface area contributed by atoms with E-state index in [4.69, 9.17) is 4.74 Å². The van der Waals surface area contributed by atoms with Gasteiger partial charge in [-0.1, -0.05) is 12.1 Å². The lowest BCUT2D eigenvalue weighted by atomic mass is 10.1. The first-order valence-corrected chi connectivity index (χ1v) is 8.25. The van der Waals surface area contributed by atoms with E-state index in [0.29, 0.717) is 16.9 Å². The Morgan fingerprint density at radius 1 is 1.22 bits per heavy atom. The number of non-ortho nitro benzene ring substituents is 1. The molecule has 0 bridgehead atoms. The van der Waals surface area contributed by atoms with Crippen LogP contribution in [0.25, 0.3) is 0 Å². The van der Waals surface area contributed by atoms with Gasteiger partial charge in [0.15, 0.2) is 6.61 Å². The van der Waals surface area contributed by atoms with Gasteiger partial charge in [0.2, 0.25) is 0 Å². The van der Waals surface area contributed by atoms with Crippen molar-refractivity contribution in [3.63, 3.8) is 0 Å². The van der Waals surface area contributed by atoms with Crippen molar-refractivity contribution < 1.29 is 14.5 Å². The van der Waals surface area contributed by atoms with E-state index in [2.05, 4.69) is 10.5 Å². The monoisotopic (exact) mass is 370 g/mol. The number of rotatable bonds is 7. The van der Waals surface area contributed by atoms with E-state index < -0.39 is 10.8 Å². The number of carbonyl (C=O) groups excluding carboxylic acids is 1. The molecule has 0 fully saturated rings. The molecule has 0 heterocycles. The van der Waals surface area contributed by atoms with Crippen molar-refractivity contribution in [2.45, 2.75) is 13.8 Å². The van der Waals surface area contributed by atoms with E-state index in [1.165, 1.54) is 12.1 Å². The largest absolute Gasteiger partial charge is 0.483 e. The second-order valence-electron chi connectivity index (χ2n) is 6.23. The van der Waals surface area contributed by atoms with E-state index in [9.17, 15) is 14.9 Å². The zero-order valence-corrected chi connectivity index (χ0v) is 15.7. The van der Waals surface area contributed by atoms with Crippen LogP contribution in [0.2, 0.25) is 0 Å². The van der Waals surface area contributed by atoms with Crippen LogP contribution >= 0.6 is 0 Å². The molecule has 0 unspecified atom stereocenters. The maximum Gasteiger partial charge on any atom is 0.277 e. The summed E-state index contributed by atoms with van der Waals surface area (Å²) in [6.45, 7) is 3.15. The molecule has 0 aromatic heterocycles. The van der Waals surface area contributed by atoms with Gasteiger partial charge in [0.05, 0.1) is 11.1 Å². The Morgan fingerprint density at radius 2 is 1.81 bits per heavy atom. The van der Waals surface area contributed by atoms with Crippen LogP contribution in [0.3, 0.4) is 0 Å². The summed E-state index contributed by atoms with van der Waals surface area (Å²) in [7, 11) is 3.91. The van der Waals surface area contributed by atoms with Crippen LogP contribution in [0, 0.1) is 24.0 Å². The van der Waals surface area contributed by atoms with E-state index in [0.717, 1.165) is 11.3 Å². The highest BCUT2D eigenvalue weighted by atomic mass is 16.6. The highest BCUT2D eigenvalue weighted by Crippen LogP contribution is 2.28. The van der Waals surface area contributed by atoms with Gasteiger partial charge in [0.1, 0.15) is 5.75 Å². The summed E-state index contributed by atoms with van der Waals surface area (Å²) in [5, 5.41) is 14.8. The maximum absolute atomic E-state index is 11.9. The first kappa shape index (κ1) is 19.9. The van der Waals surface area contributed by atoms with Crippen LogP contribution in [0.4, 0.5) is 11.4 Å². The third kappa shape index (κ3) is 5.53. The normalized spacial score (nSPS) is 10.7. The van der Waals surface area contributed by atoms with E-state index in [1.54, 1.807) is 20.1 Å². The van der Waals surface area contributed by atoms with Crippen molar-refractivity contribution in [3.05, 3.63) is 63.2 Å². The second kappa shape index (κ2) is 8.79. The molecule has 0 aliphatic carbocycles. The van der Waals surface area contributed by atoms with Gasteiger partial charge < -0.3 is 9.64 Å². The smallest absolute Gasteiger partial charge is 0.277 e. The lowest BCUT2D eigenvalue weighted by Gasteiger charge is -2.11. The Bertz CT molecular complexity index is 838. The van der Waals surface area contributed by atoms with Gasteiger partial charge in [-0.25, -0.2) is 5.43 Å². The number of hydrogen-bond acceptors (Lipinski definition) is 6. The molecule has 2 rings (SSSR count). The molecule has 1 N–H and O–H groups in total. The summed E-state index contributed by atoms with van der Waals surface area (Å²) in [5.74, 6) is 0.0346. The number of nitro groups is 1. The highest BCUT2D eigenvalue weighted by Gasteiger charge is 2.14. The van der Waals surface area contributed by atoms with Crippen LogP contribution in [0.5, 0.6) is 5.75 Å². The van der Waals surface area contributed by atoms with E-state index in [1.807, 2.05) is 43.3 Å². The number of amides is 1. The molecule has 0 aliphatic rings. The number of anilines is 1. The fourth-order valence-corrected chi connectivity index (χ4v) is 2.47. The van der Waals surface area contributed by atoms with Gasteiger partial charge in [-0.05, 0) is 42.7 Å². The summed E-state index contributed by atoms with van der Waals surface area (Å²) in [6, 6.07) is 10.5. The SMILES string of the molecule is Cc1cc([N+](=O)[O-])cc(C)c1OCC(=O)N/N=C\c1ccc(N(C)C)cc1. The molecule has 142 valence electrons. The third-order valence-electron chi connectivity index (χ3n) is 3.82. The number of nitro benzene ring substituents is 1. The van der Waals surface area contributed by atoms with Crippen molar-refractivity contribution in [2.75, 3.05) is 25.6 Å². The number of hydrazone groups is 1. The van der Waals surface area contributed by atoms with Gasteiger partial charge >= 0.3 is 0 Å². The summed E-state index contributed by atoms with van der Waals surface area (Å²) in [6.07, 6.45) is 1.54. The number of benzene rings is 2. The Balaban J connectivity index is 1.90. The zero-order valence-electron chi connectivity index (χ0n) is 15.7. The number of nitrogens with one attached hydrogen (secondary N) is 1. The highest BCUT2D eigenvalue weighted by molar-refractivity contribution is 5.83. The quantitative estimate of drug-likeness (QED) is 0.459. The molecule has 0 spiro atoms. The topological polar surface area (TPSA) is 97.1 Å². The molecule has 0 radical (unpaired) electrons. The number of ether oxygens (including phenoxy) is 1. The lowest BCUT2D eigenvalue weighted by molar-refractivity contribution is -0.385. The molecule has 8 nitrogen and oxygen atoms in total. The predicted octanol–water partition coefficient (Wildman–Crippen LogP) is 2.81. The van der Waals surface area contributed by atoms with Crippen LogP contribution in [-0.4, -0.2) is 37.7 Å². The number of aryl methyl sites for hydroxylation is 2. The Kier molecular flexibility index (Phi) is 6.48. The zero-order chi connectivity index (χ0) is 20.0. The van der Waals surface area contributed by atoms with E-state index >= 15 is 0 Å². The third-order valence-corrected chi connectivity index (χ3v) is 3.82. The van der Waals surface area contributed by atoms with Gasteiger partial charge in [-0.15, -0.1) is 0 Å². The minimum atomic E-state index is -0.462. The lowest BCUT2D eigenvalue weighted by Crippen LogP contribution is -2.25. The van der Waals surface area contributed by atoms with Gasteiger partial charge in [0.25, 0.3) is 11.6 Å². The summed E-state index contributed by atoms with van der Waals surface area (Å²) in [4.78, 5) is 24.3. The molecular formula is C19H22N4O4. The van der Waals surface area contributed by atoms with Crippen LogP contribution in [-0.2, 0) is 4.79 Å². The van der Waals surface area contributed by atoms with Crippen LogP contribution < -0.4 is 15.1 Å². The Labute approximate surface area is 157 Å². The molecule has 0 saturated heterocycles. The average molecular weight is 370 g/mol. The maximum atomic E-state index is 11.9. The number of carbonyl (C=O) groups is 1. The van der Waals surface area contributed by atoms with Gasteiger partial charge in [-0.2, -0.15) is 5.10 Å². The summed E-state index contributed by atoms with van der Waals surface area (Å²) in [5.41, 5.74) is 5.50. The average Bonchev–Trinajstić information content (AvgIpc) is 2.61. The molecule has 2 aromatic carbocycles. The first-order valence-electron chi connectivity index (χ1n) is 8.25. The molecule has 0 saturated carbocycles. The fourth-order valence-electron chi connectivity index (χ4n) is 2.47. The van der Waals surface area contributed by atoms with Gasteiger partial charge in [0, 0.05) is 31.9 Å². The number of nitrogens with zero attached hydrogens (tertiary/aromatic N) is 3. The van der Waals surface area contributed by atoms with Crippen molar-refractivity contribution in [3.8, 4) is 5.75 Å². The minimum Gasteiger partial charge on any atom is -0.483 e. The molecular weight excluding hydrogens is 348 g/mol.